The molecule has 0 spiro atoms. The molecule has 1 fully saturated rings. The molecule has 1 amide bonds. The molecule has 1 aromatic carbocycles. The second-order valence-electron chi connectivity index (χ2n) is 6.30. The second kappa shape index (κ2) is 7.94. The summed E-state index contributed by atoms with van der Waals surface area (Å²) >= 11 is 0. The Hall–Kier alpha value is -2.29. The van der Waals surface area contributed by atoms with Crippen molar-refractivity contribution in [2.24, 2.45) is 5.73 Å². The molecule has 0 saturated carbocycles. The third-order valence-corrected chi connectivity index (χ3v) is 6.23. The monoisotopic (exact) mass is 374 g/mol. The minimum Gasteiger partial charge on any atom is -0.352 e. The van der Waals surface area contributed by atoms with Crippen molar-refractivity contribution in [3.05, 3.63) is 59.9 Å². The fourth-order valence-electron chi connectivity index (χ4n) is 2.89. The first-order chi connectivity index (χ1) is 12.5. The molecule has 2 heterocycles. The van der Waals surface area contributed by atoms with Crippen molar-refractivity contribution in [2.75, 3.05) is 19.6 Å². The zero-order valence-electron chi connectivity index (χ0n) is 14.3. The van der Waals surface area contributed by atoms with Gasteiger partial charge in [-0.3, -0.25) is 9.78 Å². The number of hydrogen-bond acceptors (Lipinski definition) is 5. The largest absolute Gasteiger partial charge is 0.352 e. The van der Waals surface area contributed by atoms with Gasteiger partial charge >= 0.3 is 0 Å². The van der Waals surface area contributed by atoms with Crippen molar-refractivity contribution >= 4 is 15.9 Å². The van der Waals surface area contributed by atoms with Gasteiger partial charge in [0, 0.05) is 43.6 Å². The number of amides is 1. The third-order valence-electron chi connectivity index (χ3n) is 4.37. The Morgan fingerprint density at radius 2 is 2.04 bits per heavy atom. The average Bonchev–Trinajstić information content (AvgIpc) is 3.10. The molecule has 0 radical (unpaired) electrons. The smallest absolute Gasteiger partial charge is 0.251 e. The van der Waals surface area contributed by atoms with E-state index >= 15 is 0 Å². The molecule has 26 heavy (non-hydrogen) atoms. The molecule has 1 atom stereocenters. The van der Waals surface area contributed by atoms with Crippen LogP contribution in [-0.4, -0.2) is 49.3 Å². The topological polar surface area (TPSA) is 105 Å². The Balaban J connectivity index is 1.65. The lowest BCUT2D eigenvalue weighted by atomic mass is 10.2. The van der Waals surface area contributed by atoms with Crippen molar-refractivity contribution in [3.63, 3.8) is 0 Å². The summed E-state index contributed by atoms with van der Waals surface area (Å²) < 4.78 is 26.7. The van der Waals surface area contributed by atoms with Crippen molar-refractivity contribution in [3.8, 4) is 0 Å². The molecular formula is C18H22N4O3S. The van der Waals surface area contributed by atoms with E-state index in [4.69, 9.17) is 5.73 Å². The maximum absolute atomic E-state index is 12.7. The van der Waals surface area contributed by atoms with Crippen LogP contribution in [0.25, 0.3) is 0 Å². The van der Waals surface area contributed by atoms with Gasteiger partial charge in [-0.2, -0.15) is 4.31 Å². The maximum atomic E-state index is 12.7. The highest BCUT2D eigenvalue weighted by Gasteiger charge is 2.31. The highest BCUT2D eigenvalue weighted by Crippen LogP contribution is 2.21. The van der Waals surface area contributed by atoms with E-state index < -0.39 is 10.0 Å². The fourth-order valence-corrected chi connectivity index (χ4v) is 4.45. The summed E-state index contributed by atoms with van der Waals surface area (Å²) in [6.07, 6.45) is 4.73. The lowest BCUT2D eigenvalue weighted by Gasteiger charge is -2.16. The molecule has 7 nitrogen and oxygen atoms in total. The molecule has 138 valence electrons. The summed E-state index contributed by atoms with van der Waals surface area (Å²) in [6, 6.07) is 9.76. The van der Waals surface area contributed by atoms with Gasteiger partial charge in [0.15, 0.2) is 0 Å². The molecule has 0 aliphatic carbocycles. The number of benzene rings is 1. The predicted octanol–water partition coefficient (Wildman–Crippen LogP) is 0.776. The highest BCUT2D eigenvalue weighted by molar-refractivity contribution is 7.89. The molecular weight excluding hydrogens is 352 g/mol. The fraction of sp³-hybridized carbons (Fsp3) is 0.333. The van der Waals surface area contributed by atoms with Crippen LogP contribution in [0.1, 0.15) is 22.3 Å². The van der Waals surface area contributed by atoms with Gasteiger partial charge in [-0.05, 0) is 48.7 Å². The highest BCUT2D eigenvalue weighted by atomic mass is 32.2. The lowest BCUT2D eigenvalue weighted by molar-refractivity contribution is 0.0954. The molecule has 3 N–H and O–H groups in total. The summed E-state index contributed by atoms with van der Waals surface area (Å²) in [6.45, 7) is 1.18. The molecule has 3 rings (SSSR count). The Labute approximate surface area is 153 Å². The minimum atomic E-state index is -3.62. The average molecular weight is 374 g/mol. The first-order valence-corrected chi connectivity index (χ1v) is 9.94. The van der Waals surface area contributed by atoms with Crippen LogP contribution in [0.2, 0.25) is 0 Å². The number of pyridine rings is 1. The number of nitrogens with zero attached hydrogens (tertiary/aromatic N) is 2. The van der Waals surface area contributed by atoms with Gasteiger partial charge in [-0.1, -0.05) is 6.07 Å². The van der Waals surface area contributed by atoms with Crippen molar-refractivity contribution in [1.29, 1.82) is 0 Å². The zero-order chi connectivity index (χ0) is 18.6. The molecule has 1 aliphatic rings. The van der Waals surface area contributed by atoms with Crippen LogP contribution in [-0.2, 0) is 16.4 Å². The van der Waals surface area contributed by atoms with Crippen LogP contribution in [0.4, 0.5) is 0 Å². The van der Waals surface area contributed by atoms with Gasteiger partial charge in [0.2, 0.25) is 10.0 Å². The van der Waals surface area contributed by atoms with Crippen LogP contribution in [0.5, 0.6) is 0 Å². The molecule has 1 saturated heterocycles. The van der Waals surface area contributed by atoms with E-state index in [1.165, 1.54) is 16.4 Å². The number of rotatable bonds is 6. The van der Waals surface area contributed by atoms with E-state index in [0.29, 0.717) is 38.0 Å². The summed E-state index contributed by atoms with van der Waals surface area (Å²) in [5.41, 5.74) is 7.20. The number of nitrogens with two attached hydrogens (primary N) is 1. The molecule has 0 unspecified atom stereocenters. The molecule has 0 bridgehead atoms. The van der Waals surface area contributed by atoms with Crippen LogP contribution in [0.3, 0.4) is 0 Å². The van der Waals surface area contributed by atoms with E-state index in [9.17, 15) is 13.2 Å². The number of carbonyl (C=O) groups is 1. The van der Waals surface area contributed by atoms with Crippen molar-refractivity contribution in [1.82, 2.24) is 14.6 Å². The van der Waals surface area contributed by atoms with E-state index in [0.717, 1.165) is 5.56 Å². The lowest BCUT2D eigenvalue weighted by Crippen LogP contribution is -2.32. The Morgan fingerprint density at radius 3 is 2.73 bits per heavy atom. The Morgan fingerprint density at radius 1 is 1.27 bits per heavy atom. The van der Waals surface area contributed by atoms with Gasteiger partial charge in [0.25, 0.3) is 5.91 Å². The first-order valence-electron chi connectivity index (χ1n) is 8.50. The molecule has 2 aromatic rings. The van der Waals surface area contributed by atoms with Crippen LogP contribution in [0.15, 0.2) is 53.7 Å². The van der Waals surface area contributed by atoms with Crippen LogP contribution in [0, 0.1) is 0 Å². The number of carbonyl (C=O) groups excluding carboxylic acids is 1. The number of nitrogens with one attached hydrogen (secondary N) is 1. The van der Waals surface area contributed by atoms with Crippen molar-refractivity contribution < 1.29 is 13.2 Å². The SMILES string of the molecule is N[C@@H]1CCN(S(=O)(=O)c2cccc(C(=O)NCCc3ccncc3)c2)C1. The summed E-state index contributed by atoms with van der Waals surface area (Å²) in [5, 5.41) is 2.81. The quantitative estimate of drug-likeness (QED) is 0.777. The van der Waals surface area contributed by atoms with E-state index in [2.05, 4.69) is 10.3 Å². The standard InChI is InChI=1S/C18H22N4O3S/c19-16-7-11-22(13-16)26(24,25)17-3-1-2-15(12-17)18(23)21-10-6-14-4-8-20-9-5-14/h1-5,8-9,12,16H,6-7,10-11,13,19H2,(H,21,23)/t16-/m1/s1. The first kappa shape index (κ1) is 18.5. The summed E-state index contributed by atoms with van der Waals surface area (Å²) in [4.78, 5) is 16.4. The maximum Gasteiger partial charge on any atom is 0.251 e. The predicted molar refractivity (Wildman–Crippen MR) is 98.1 cm³/mol. The van der Waals surface area contributed by atoms with Gasteiger partial charge in [0.05, 0.1) is 4.90 Å². The third kappa shape index (κ3) is 4.27. The number of sulfonamides is 1. The van der Waals surface area contributed by atoms with Crippen LogP contribution < -0.4 is 11.1 Å². The van der Waals surface area contributed by atoms with E-state index in [1.54, 1.807) is 24.5 Å². The number of hydrogen-bond donors (Lipinski definition) is 2. The van der Waals surface area contributed by atoms with Crippen molar-refractivity contribution in [2.45, 2.75) is 23.8 Å². The zero-order valence-corrected chi connectivity index (χ0v) is 15.2. The van der Waals surface area contributed by atoms with Gasteiger partial charge < -0.3 is 11.1 Å². The normalized spacial score (nSPS) is 18.0. The Bertz CT molecular complexity index is 871. The summed E-state index contributed by atoms with van der Waals surface area (Å²) in [5.74, 6) is -0.297. The van der Waals surface area contributed by atoms with Crippen LogP contribution >= 0.6 is 0 Å². The van der Waals surface area contributed by atoms with E-state index in [-0.39, 0.29) is 16.8 Å². The molecule has 8 heteroatoms. The summed E-state index contributed by atoms with van der Waals surface area (Å²) in [7, 11) is -3.62. The van der Waals surface area contributed by atoms with E-state index in [1.807, 2.05) is 12.1 Å². The second-order valence-corrected chi connectivity index (χ2v) is 8.24. The minimum absolute atomic E-state index is 0.119. The van der Waals surface area contributed by atoms with Gasteiger partial charge in [-0.15, -0.1) is 0 Å². The van der Waals surface area contributed by atoms with Gasteiger partial charge in [0.1, 0.15) is 0 Å². The molecule has 1 aliphatic heterocycles. The molecule has 1 aromatic heterocycles. The number of aromatic nitrogens is 1. The van der Waals surface area contributed by atoms with Gasteiger partial charge in [-0.25, -0.2) is 8.42 Å². The Kier molecular flexibility index (Phi) is 5.65.